The molecule has 0 atom stereocenters. The fraction of sp³-hybridized carbons (Fsp3) is 0.250. The Bertz CT molecular complexity index is 480. The number of ketones is 1. The van der Waals surface area contributed by atoms with Gasteiger partial charge in [0.2, 0.25) is 0 Å². The highest BCUT2D eigenvalue weighted by atomic mass is 16.3. The predicted octanol–water partition coefficient (Wildman–Crippen LogP) is 2.87. The standard InChI is InChI=1S/C12H12O2/c1-8(13)5-10-3-4-12-9(2)14-7-11(12)6-10/h3-4,6-7H,5H2,1-2H3. The van der Waals surface area contributed by atoms with Crippen molar-refractivity contribution >= 4 is 16.6 Å². The maximum absolute atomic E-state index is 10.9. The summed E-state index contributed by atoms with van der Waals surface area (Å²) in [5.74, 6) is 1.11. The molecule has 0 N–H and O–H groups in total. The summed E-state index contributed by atoms with van der Waals surface area (Å²) in [4.78, 5) is 10.9. The van der Waals surface area contributed by atoms with E-state index in [0.717, 1.165) is 22.1 Å². The summed E-state index contributed by atoms with van der Waals surface area (Å²) in [6.45, 7) is 3.54. The van der Waals surface area contributed by atoms with Crippen LogP contribution in [0.15, 0.2) is 28.9 Å². The largest absolute Gasteiger partial charge is 0.468 e. The maximum Gasteiger partial charge on any atom is 0.134 e. The fourth-order valence-corrected chi connectivity index (χ4v) is 1.64. The summed E-state index contributed by atoms with van der Waals surface area (Å²) >= 11 is 0. The molecule has 0 bridgehead atoms. The molecule has 14 heavy (non-hydrogen) atoms. The molecule has 0 aliphatic heterocycles. The van der Waals surface area contributed by atoms with Crippen molar-refractivity contribution in [1.82, 2.24) is 0 Å². The minimum atomic E-state index is 0.185. The molecule has 0 radical (unpaired) electrons. The molecule has 0 fully saturated rings. The summed E-state index contributed by atoms with van der Waals surface area (Å²) in [5.41, 5.74) is 1.05. The third-order valence-electron chi connectivity index (χ3n) is 2.31. The number of carbonyl (C=O) groups excluding carboxylic acids is 1. The molecule has 0 aliphatic rings. The molecular formula is C12H12O2. The van der Waals surface area contributed by atoms with Gasteiger partial charge in [0.1, 0.15) is 11.5 Å². The van der Waals surface area contributed by atoms with Crippen molar-refractivity contribution in [2.24, 2.45) is 0 Å². The Kier molecular flexibility index (Phi) is 2.12. The minimum absolute atomic E-state index is 0.185. The molecule has 0 saturated carbocycles. The normalized spacial score (nSPS) is 10.7. The molecule has 2 rings (SSSR count). The summed E-state index contributed by atoms with van der Waals surface area (Å²) in [5, 5.41) is 2.19. The average Bonchev–Trinajstić information content (AvgIpc) is 2.46. The molecule has 1 aromatic carbocycles. The molecule has 1 aromatic heterocycles. The van der Waals surface area contributed by atoms with Crippen LogP contribution in [0.2, 0.25) is 0 Å². The van der Waals surface area contributed by atoms with Crippen LogP contribution in [0.1, 0.15) is 18.2 Å². The molecule has 2 heteroatoms. The number of benzene rings is 1. The van der Waals surface area contributed by atoms with E-state index >= 15 is 0 Å². The van der Waals surface area contributed by atoms with Crippen LogP contribution in [0.5, 0.6) is 0 Å². The topological polar surface area (TPSA) is 30.2 Å². The van der Waals surface area contributed by atoms with Crippen LogP contribution in [0.3, 0.4) is 0 Å². The second-order valence-corrected chi connectivity index (χ2v) is 3.59. The van der Waals surface area contributed by atoms with Crippen molar-refractivity contribution in [3.8, 4) is 0 Å². The number of aryl methyl sites for hydroxylation is 1. The van der Waals surface area contributed by atoms with Gasteiger partial charge in [-0.25, -0.2) is 0 Å². The monoisotopic (exact) mass is 188 g/mol. The second-order valence-electron chi connectivity index (χ2n) is 3.59. The lowest BCUT2D eigenvalue weighted by molar-refractivity contribution is -0.116. The van der Waals surface area contributed by atoms with Crippen LogP contribution in [0.25, 0.3) is 10.8 Å². The molecule has 2 nitrogen and oxygen atoms in total. The third kappa shape index (κ3) is 1.55. The summed E-state index contributed by atoms with van der Waals surface area (Å²) in [6.07, 6.45) is 2.23. The van der Waals surface area contributed by atoms with Gasteiger partial charge >= 0.3 is 0 Å². The van der Waals surface area contributed by atoms with Gasteiger partial charge in [-0.2, -0.15) is 0 Å². The van der Waals surface area contributed by atoms with Crippen molar-refractivity contribution in [3.63, 3.8) is 0 Å². The molecule has 0 spiro atoms. The van der Waals surface area contributed by atoms with E-state index in [9.17, 15) is 4.79 Å². The van der Waals surface area contributed by atoms with E-state index in [4.69, 9.17) is 4.42 Å². The Labute approximate surface area is 82.5 Å². The van der Waals surface area contributed by atoms with Crippen molar-refractivity contribution in [2.45, 2.75) is 20.3 Å². The number of furan rings is 1. The van der Waals surface area contributed by atoms with E-state index in [2.05, 4.69) is 0 Å². The summed E-state index contributed by atoms with van der Waals surface area (Å²) in [6, 6.07) is 5.99. The number of carbonyl (C=O) groups is 1. The highest BCUT2D eigenvalue weighted by Crippen LogP contribution is 2.21. The lowest BCUT2D eigenvalue weighted by atomic mass is 10.1. The number of hydrogen-bond donors (Lipinski definition) is 0. The number of Topliss-reactive ketones (excluding diaryl/α,β-unsaturated/α-hetero) is 1. The van der Waals surface area contributed by atoms with Crippen molar-refractivity contribution in [2.75, 3.05) is 0 Å². The summed E-state index contributed by atoms with van der Waals surface area (Å²) in [7, 11) is 0. The van der Waals surface area contributed by atoms with Gasteiger partial charge < -0.3 is 4.42 Å². The van der Waals surface area contributed by atoms with Crippen LogP contribution < -0.4 is 0 Å². The smallest absolute Gasteiger partial charge is 0.134 e. The van der Waals surface area contributed by atoms with Crippen molar-refractivity contribution in [3.05, 3.63) is 35.8 Å². The number of rotatable bonds is 2. The van der Waals surface area contributed by atoms with E-state index in [0.29, 0.717) is 6.42 Å². The van der Waals surface area contributed by atoms with Gasteiger partial charge in [0.25, 0.3) is 0 Å². The first-order valence-corrected chi connectivity index (χ1v) is 4.63. The van der Waals surface area contributed by atoms with Gasteiger partial charge in [-0.15, -0.1) is 0 Å². The van der Waals surface area contributed by atoms with Gasteiger partial charge in [0.15, 0.2) is 0 Å². The Morgan fingerprint density at radius 1 is 1.43 bits per heavy atom. The Morgan fingerprint density at radius 3 is 2.93 bits per heavy atom. The van der Waals surface area contributed by atoms with Crippen LogP contribution in [-0.4, -0.2) is 5.78 Å². The first-order chi connectivity index (χ1) is 6.66. The van der Waals surface area contributed by atoms with Crippen molar-refractivity contribution in [1.29, 1.82) is 0 Å². The van der Waals surface area contributed by atoms with E-state index < -0.39 is 0 Å². The number of hydrogen-bond acceptors (Lipinski definition) is 2. The average molecular weight is 188 g/mol. The number of fused-ring (bicyclic) bond motifs is 1. The molecule has 0 amide bonds. The molecule has 0 saturated heterocycles. The fourth-order valence-electron chi connectivity index (χ4n) is 1.64. The van der Waals surface area contributed by atoms with Crippen LogP contribution >= 0.6 is 0 Å². The first-order valence-electron chi connectivity index (χ1n) is 4.63. The molecule has 0 aliphatic carbocycles. The molecular weight excluding hydrogens is 176 g/mol. The van der Waals surface area contributed by atoms with Crippen LogP contribution in [-0.2, 0) is 11.2 Å². The van der Waals surface area contributed by atoms with Gasteiger partial charge in [0, 0.05) is 17.2 Å². The van der Waals surface area contributed by atoms with Gasteiger partial charge in [-0.3, -0.25) is 4.79 Å². The van der Waals surface area contributed by atoms with Crippen LogP contribution in [0.4, 0.5) is 0 Å². The zero-order valence-electron chi connectivity index (χ0n) is 8.33. The molecule has 72 valence electrons. The highest BCUT2D eigenvalue weighted by molar-refractivity contribution is 5.86. The minimum Gasteiger partial charge on any atom is -0.468 e. The van der Waals surface area contributed by atoms with E-state index in [1.54, 1.807) is 13.2 Å². The Morgan fingerprint density at radius 2 is 2.21 bits per heavy atom. The highest BCUT2D eigenvalue weighted by Gasteiger charge is 2.03. The molecule has 1 heterocycles. The van der Waals surface area contributed by atoms with Gasteiger partial charge in [0.05, 0.1) is 6.26 Å². The van der Waals surface area contributed by atoms with E-state index in [1.165, 1.54) is 0 Å². The first kappa shape index (κ1) is 9.00. The second kappa shape index (κ2) is 3.29. The summed E-state index contributed by atoms with van der Waals surface area (Å²) < 4.78 is 5.29. The lowest BCUT2D eigenvalue weighted by Gasteiger charge is -1.97. The molecule has 2 aromatic rings. The maximum atomic E-state index is 10.9. The zero-order valence-corrected chi connectivity index (χ0v) is 8.33. The lowest BCUT2D eigenvalue weighted by Crippen LogP contribution is -1.95. The van der Waals surface area contributed by atoms with Crippen molar-refractivity contribution < 1.29 is 9.21 Å². The van der Waals surface area contributed by atoms with Gasteiger partial charge in [-0.05, 0) is 25.5 Å². The Hall–Kier alpha value is -1.57. The zero-order chi connectivity index (χ0) is 10.1. The van der Waals surface area contributed by atoms with Crippen LogP contribution in [0, 0.1) is 6.92 Å². The molecule has 0 unspecified atom stereocenters. The third-order valence-corrected chi connectivity index (χ3v) is 2.31. The quantitative estimate of drug-likeness (QED) is 0.725. The van der Waals surface area contributed by atoms with E-state index in [1.807, 2.05) is 25.1 Å². The Balaban J connectivity index is 2.46. The SMILES string of the molecule is CC(=O)Cc1ccc2c(C)occ2c1. The van der Waals surface area contributed by atoms with Gasteiger partial charge in [-0.1, -0.05) is 12.1 Å². The predicted molar refractivity (Wildman–Crippen MR) is 55.3 cm³/mol. The van der Waals surface area contributed by atoms with E-state index in [-0.39, 0.29) is 5.78 Å².